The van der Waals surface area contributed by atoms with Gasteiger partial charge in [0.2, 0.25) is 0 Å². The number of rotatable bonds is 1. The van der Waals surface area contributed by atoms with Gasteiger partial charge < -0.3 is 9.84 Å². The first kappa shape index (κ1) is 8.57. The maximum Gasteiger partial charge on any atom is 0.119 e. The van der Waals surface area contributed by atoms with Crippen LogP contribution in [-0.2, 0) is 6.42 Å². The summed E-state index contributed by atoms with van der Waals surface area (Å²) in [5.74, 6) is 0.882. The fourth-order valence-electron chi connectivity index (χ4n) is 1.89. The Morgan fingerprint density at radius 2 is 2.31 bits per heavy atom. The lowest BCUT2D eigenvalue weighted by Gasteiger charge is -2.21. The Morgan fingerprint density at radius 1 is 1.46 bits per heavy atom. The van der Waals surface area contributed by atoms with Crippen molar-refractivity contribution in [2.45, 2.75) is 25.4 Å². The number of hydrogen-bond acceptors (Lipinski definition) is 2. The predicted molar refractivity (Wildman–Crippen MR) is 50.9 cm³/mol. The van der Waals surface area contributed by atoms with E-state index in [1.54, 1.807) is 7.11 Å². The summed E-state index contributed by atoms with van der Waals surface area (Å²) in [7, 11) is 1.67. The van der Waals surface area contributed by atoms with E-state index in [0.717, 1.165) is 30.6 Å². The van der Waals surface area contributed by atoms with Crippen LogP contribution in [0.1, 0.15) is 30.1 Å². The highest BCUT2D eigenvalue weighted by Crippen LogP contribution is 2.31. The lowest BCUT2D eigenvalue weighted by molar-refractivity contribution is 0.156. The van der Waals surface area contributed by atoms with Crippen LogP contribution in [0.3, 0.4) is 0 Å². The van der Waals surface area contributed by atoms with Gasteiger partial charge in [0.25, 0.3) is 0 Å². The van der Waals surface area contributed by atoms with Crippen molar-refractivity contribution in [3.05, 3.63) is 29.3 Å². The zero-order valence-electron chi connectivity index (χ0n) is 7.79. The Bertz CT molecular complexity index is 307. The molecule has 0 spiro atoms. The van der Waals surface area contributed by atoms with Gasteiger partial charge in [-0.25, -0.2) is 0 Å². The maximum atomic E-state index is 9.68. The number of ether oxygens (including phenoxy) is 1. The molecule has 1 N–H and O–H groups in total. The van der Waals surface area contributed by atoms with Crippen LogP contribution in [-0.4, -0.2) is 12.2 Å². The van der Waals surface area contributed by atoms with E-state index in [0.29, 0.717) is 0 Å². The molecule has 1 atom stereocenters. The van der Waals surface area contributed by atoms with Crippen LogP contribution in [0.25, 0.3) is 0 Å². The molecule has 0 radical (unpaired) electrons. The summed E-state index contributed by atoms with van der Waals surface area (Å²) in [5, 5.41) is 9.68. The van der Waals surface area contributed by atoms with Gasteiger partial charge in [0.05, 0.1) is 13.2 Å². The van der Waals surface area contributed by atoms with Gasteiger partial charge in [-0.2, -0.15) is 0 Å². The van der Waals surface area contributed by atoms with Gasteiger partial charge in [-0.15, -0.1) is 0 Å². The molecule has 0 amide bonds. The fourth-order valence-corrected chi connectivity index (χ4v) is 1.89. The van der Waals surface area contributed by atoms with Crippen LogP contribution >= 0.6 is 0 Å². The first-order valence-electron chi connectivity index (χ1n) is 4.66. The highest BCUT2D eigenvalue weighted by Gasteiger charge is 2.17. The molecule has 0 saturated heterocycles. The third-order valence-electron chi connectivity index (χ3n) is 2.63. The minimum absolute atomic E-state index is 0.269. The van der Waals surface area contributed by atoms with Gasteiger partial charge in [-0.3, -0.25) is 0 Å². The molecule has 70 valence electrons. The van der Waals surface area contributed by atoms with Crippen molar-refractivity contribution in [2.75, 3.05) is 7.11 Å². The molecule has 1 aromatic rings. The number of aryl methyl sites for hydroxylation is 1. The van der Waals surface area contributed by atoms with E-state index in [-0.39, 0.29) is 6.10 Å². The zero-order valence-corrected chi connectivity index (χ0v) is 7.79. The third-order valence-corrected chi connectivity index (χ3v) is 2.63. The van der Waals surface area contributed by atoms with E-state index in [4.69, 9.17) is 4.74 Å². The van der Waals surface area contributed by atoms with Gasteiger partial charge in [-0.1, -0.05) is 6.07 Å². The zero-order chi connectivity index (χ0) is 9.26. The molecule has 2 rings (SSSR count). The molecule has 0 aromatic heterocycles. The van der Waals surface area contributed by atoms with Crippen LogP contribution in [0.2, 0.25) is 0 Å². The van der Waals surface area contributed by atoms with Crippen molar-refractivity contribution >= 4 is 0 Å². The Kier molecular flexibility index (Phi) is 2.23. The maximum absolute atomic E-state index is 9.68. The van der Waals surface area contributed by atoms with Gasteiger partial charge in [0.15, 0.2) is 0 Å². The Morgan fingerprint density at radius 3 is 3.08 bits per heavy atom. The normalized spacial score (nSPS) is 20.9. The molecule has 2 nitrogen and oxygen atoms in total. The van der Waals surface area contributed by atoms with Crippen molar-refractivity contribution < 1.29 is 9.84 Å². The van der Waals surface area contributed by atoms with E-state index in [9.17, 15) is 5.11 Å². The molecule has 2 heteroatoms. The van der Waals surface area contributed by atoms with E-state index in [2.05, 4.69) is 0 Å². The van der Waals surface area contributed by atoms with Crippen molar-refractivity contribution in [1.82, 2.24) is 0 Å². The molecular formula is C11H14O2. The second-order valence-corrected chi connectivity index (χ2v) is 3.47. The molecule has 1 aromatic carbocycles. The SMILES string of the molecule is COc1ccc2c(c1)CCC[C@@H]2O. The predicted octanol–water partition coefficient (Wildman–Crippen LogP) is 2.06. The number of methoxy groups -OCH3 is 1. The van der Waals surface area contributed by atoms with Crippen molar-refractivity contribution in [2.24, 2.45) is 0 Å². The van der Waals surface area contributed by atoms with Crippen LogP contribution in [0.5, 0.6) is 5.75 Å². The lowest BCUT2D eigenvalue weighted by atomic mass is 9.89. The molecule has 13 heavy (non-hydrogen) atoms. The quantitative estimate of drug-likeness (QED) is 0.713. The van der Waals surface area contributed by atoms with Crippen LogP contribution < -0.4 is 4.74 Å². The van der Waals surface area contributed by atoms with E-state index >= 15 is 0 Å². The summed E-state index contributed by atoms with van der Waals surface area (Å²) in [6.45, 7) is 0. The van der Waals surface area contributed by atoms with Crippen molar-refractivity contribution in [3.63, 3.8) is 0 Å². The summed E-state index contributed by atoms with van der Waals surface area (Å²) in [6.07, 6.45) is 2.75. The van der Waals surface area contributed by atoms with Gasteiger partial charge in [0, 0.05) is 0 Å². The van der Waals surface area contributed by atoms with E-state index in [1.165, 1.54) is 5.56 Å². The number of fused-ring (bicyclic) bond motifs is 1. The summed E-state index contributed by atoms with van der Waals surface area (Å²) in [5.41, 5.74) is 2.31. The molecule has 0 saturated carbocycles. The molecule has 1 aliphatic carbocycles. The molecule has 0 heterocycles. The minimum atomic E-state index is -0.269. The van der Waals surface area contributed by atoms with Gasteiger partial charge in [0.1, 0.15) is 5.75 Å². The number of benzene rings is 1. The fraction of sp³-hybridized carbons (Fsp3) is 0.455. The summed E-state index contributed by atoms with van der Waals surface area (Å²) in [4.78, 5) is 0. The van der Waals surface area contributed by atoms with Crippen molar-refractivity contribution in [1.29, 1.82) is 0 Å². The van der Waals surface area contributed by atoms with Crippen LogP contribution in [0.15, 0.2) is 18.2 Å². The lowest BCUT2D eigenvalue weighted by Crippen LogP contribution is -2.08. The first-order valence-corrected chi connectivity index (χ1v) is 4.66. The summed E-state index contributed by atoms with van der Waals surface area (Å²) >= 11 is 0. The number of aliphatic hydroxyl groups is 1. The molecule has 1 aliphatic rings. The molecule has 0 bridgehead atoms. The first-order chi connectivity index (χ1) is 6.31. The number of hydrogen-bond donors (Lipinski definition) is 1. The summed E-state index contributed by atoms with van der Waals surface area (Å²) < 4.78 is 5.13. The second-order valence-electron chi connectivity index (χ2n) is 3.47. The van der Waals surface area contributed by atoms with Crippen LogP contribution in [0.4, 0.5) is 0 Å². The third kappa shape index (κ3) is 1.54. The Balaban J connectivity index is 2.39. The highest BCUT2D eigenvalue weighted by molar-refractivity contribution is 5.38. The monoisotopic (exact) mass is 178 g/mol. The largest absolute Gasteiger partial charge is 0.497 e. The smallest absolute Gasteiger partial charge is 0.119 e. The molecule has 0 unspecified atom stereocenters. The van der Waals surface area contributed by atoms with E-state index in [1.807, 2.05) is 18.2 Å². The number of aliphatic hydroxyl groups excluding tert-OH is 1. The average molecular weight is 178 g/mol. The summed E-state index contributed by atoms with van der Waals surface area (Å²) in [6, 6.07) is 5.91. The minimum Gasteiger partial charge on any atom is -0.497 e. The van der Waals surface area contributed by atoms with E-state index < -0.39 is 0 Å². The Labute approximate surface area is 78.2 Å². The Hall–Kier alpha value is -1.02. The van der Waals surface area contributed by atoms with Crippen LogP contribution in [0, 0.1) is 0 Å². The standard InChI is InChI=1S/C11H14O2/c1-13-9-5-6-10-8(7-9)3-2-4-11(10)12/h5-7,11-12H,2-4H2,1H3/t11-/m0/s1. The molecule has 0 aliphatic heterocycles. The van der Waals surface area contributed by atoms with Gasteiger partial charge >= 0.3 is 0 Å². The molecular weight excluding hydrogens is 164 g/mol. The molecule has 0 fully saturated rings. The van der Waals surface area contributed by atoms with Gasteiger partial charge in [-0.05, 0) is 42.5 Å². The second kappa shape index (κ2) is 3.38. The highest BCUT2D eigenvalue weighted by atomic mass is 16.5. The topological polar surface area (TPSA) is 29.5 Å². The average Bonchev–Trinajstić information content (AvgIpc) is 2.18. The van der Waals surface area contributed by atoms with Crippen molar-refractivity contribution in [3.8, 4) is 5.75 Å².